The Hall–Kier alpha value is -1.27. The highest BCUT2D eigenvalue weighted by Crippen LogP contribution is 2.14. The molecule has 1 rings (SSSR count). The molecule has 1 unspecified atom stereocenters. The molecule has 0 fully saturated rings. The van der Waals surface area contributed by atoms with Crippen molar-refractivity contribution in [3.8, 4) is 0 Å². The maximum absolute atomic E-state index is 11.0. The normalized spacial score (nSPS) is 12.1. The van der Waals surface area contributed by atoms with Crippen molar-refractivity contribution in [2.24, 2.45) is 0 Å². The molecule has 0 aliphatic carbocycles. The van der Waals surface area contributed by atoms with Crippen molar-refractivity contribution in [2.75, 3.05) is 5.32 Å². The van der Waals surface area contributed by atoms with Gasteiger partial charge < -0.3 is 9.87 Å². The monoisotopic (exact) mass is 213 g/mol. The van der Waals surface area contributed by atoms with Crippen LogP contribution >= 0.6 is 0 Å². The fourth-order valence-electron chi connectivity index (χ4n) is 0.857. The maximum atomic E-state index is 11.0. The molecular formula is C8H9N2O3S-. The molecule has 6 heteroatoms. The molecule has 1 heterocycles. The molecule has 0 radical (unpaired) electrons. The first-order chi connectivity index (χ1) is 6.65. The van der Waals surface area contributed by atoms with Crippen molar-refractivity contribution < 1.29 is 13.6 Å². The Labute approximate surface area is 83.8 Å². The molecule has 1 aromatic rings. The van der Waals surface area contributed by atoms with Gasteiger partial charge in [0.15, 0.2) is 0 Å². The highest BCUT2D eigenvalue weighted by molar-refractivity contribution is 7.79. The zero-order valence-corrected chi connectivity index (χ0v) is 8.34. The molecule has 0 saturated heterocycles. The minimum absolute atomic E-state index is 0.144. The molecule has 1 N–H and O–H groups in total. The molecule has 0 spiro atoms. The molecular weight excluding hydrogens is 204 g/mol. The van der Waals surface area contributed by atoms with Crippen LogP contribution < -0.4 is 5.32 Å². The lowest BCUT2D eigenvalue weighted by atomic mass is 10.4. The topological polar surface area (TPSA) is 82.1 Å². The van der Waals surface area contributed by atoms with Crippen LogP contribution in [-0.4, -0.2) is 19.7 Å². The van der Waals surface area contributed by atoms with E-state index in [4.69, 9.17) is 0 Å². The van der Waals surface area contributed by atoms with Gasteiger partial charge in [-0.05, 0) is 23.2 Å². The second-order valence-corrected chi connectivity index (χ2v) is 3.35. The lowest BCUT2D eigenvalue weighted by Crippen LogP contribution is -2.12. The number of anilines is 1. The van der Waals surface area contributed by atoms with Crippen molar-refractivity contribution in [1.29, 1.82) is 0 Å². The van der Waals surface area contributed by atoms with Gasteiger partial charge in [-0.2, -0.15) is 0 Å². The van der Waals surface area contributed by atoms with Gasteiger partial charge in [-0.1, -0.05) is 6.92 Å². The second kappa shape index (κ2) is 4.83. The number of carbonyl (C=O) groups is 1. The first-order valence-corrected chi connectivity index (χ1v) is 5.06. The van der Waals surface area contributed by atoms with Gasteiger partial charge in [-0.3, -0.25) is 9.00 Å². The minimum Gasteiger partial charge on any atom is -0.767 e. The van der Waals surface area contributed by atoms with E-state index >= 15 is 0 Å². The van der Waals surface area contributed by atoms with Crippen LogP contribution in [0.4, 0.5) is 5.69 Å². The summed E-state index contributed by atoms with van der Waals surface area (Å²) >= 11 is -2.43. The summed E-state index contributed by atoms with van der Waals surface area (Å²) in [7, 11) is 0. The van der Waals surface area contributed by atoms with E-state index < -0.39 is 11.1 Å². The minimum atomic E-state index is -2.43. The molecule has 0 saturated carbocycles. The summed E-state index contributed by atoms with van der Waals surface area (Å²) in [6, 6.07) is 3.05. The number of nitrogens with one attached hydrogen (secondary N) is 1. The third kappa shape index (κ3) is 2.61. The molecule has 5 nitrogen and oxygen atoms in total. The Balaban J connectivity index is 2.95. The summed E-state index contributed by atoms with van der Waals surface area (Å²) in [5.74, 6) is -0.246. The SMILES string of the molecule is CCC(=O)Nc1cccnc1S(=O)[O-]. The van der Waals surface area contributed by atoms with Crippen LogP contribution in [0.15, 0.2) is 23.4 Å². The summed E-state index contributed by atoms with van der Waals surface area (Å²) < 4.78 is 21.4. The quantitative estimate of drug-likeness (QED) is 0.748. The lowest BCUT2D eigenvalue weighted by molar-refractivity contribution is -0.115. The van der Waals surface area contributed by atoms with Crippen LogP contribution in [0.25, 0.3) is 0 Å². The summed E-state index contributed by atoms with van der Waals surface area (Å²) in [5, 5.41) is 2.30. The Morgan fingerprint density at radius 1 is 1.71 bits per heavy atom. The van der Waals surface area contributed by atoms with Gasteiger partial charge in [0.05, 0.1) is 5.69 Å². The van der Waals surface area contributed by atoms with Gasteiger partial charge in [-0.25, -0.2) is 4.98 Å². The van der Waals surface area contributed by atoms with E-state index in [0.29, 0.717) is 6.42 Å². The van der Waals surface area contributed by atoms with E-state index in [1.807, 2.05) is 0 Å². The number of hydrogen-bond donors (Lipinski definition) is 1. The van der Waals surface area contributed by atoms with Crippen LogP contribution in [0.5, 0.6) is 0 Å². The summed E-state index contributed by atoms with van der Waals surface area (Å²) in [6.45, 7) is 1.68. The average Bonchev–Trinajstić information content (AvgIpc) is 2.18. The van der Waals surface area contributed by atoms with Gasteiger partial charge in [0.2, 0.25) is 5.91 Å². The van der Waals surface area contributed by atoms with E-state index in [2.05, 4.69) is 10.3 Å². The lowest BCUT2D eigenvalue weighted by Gasteiger charge is -2.10. The van der Waals surface area contributed by atoms with E-state index in [0.717, 1.165) is 0 Å². The van der Waals surface area contributed by atoms with E-state index in [1.54, 1.807) is 13.0 Å². The van der Waals surface area contributed by atoms with Crippen LogP contribution in [0, 0.1) is 0 Å². The average molecular weight is 213 g/mol. The first kappa shape index (κ1) is 10.8. The predicted octanol–water partition coefficient (Wildman–Crippen LogP) is 0.668. The number of hydrogen-bond acceptors (Lipinski definition) is 4. The Bertz CT molecular complexity index is 367. The van der Waals surface area contributed by atoms with Gasteiger partial charge in [0, 0.05) is 12.6 Å². The zero-order valence-electron chi connectivity index (χ0n) is 7.52. The van der Waals surface area contributed by atoms with E-state index in [1.165, 1.54) is 12.3 Å². The number of nitrogens with zero attached hydrogens (tertiary/aromatic N) is 1. The van der Waals surface area contributed by atoms with Crippen LogP contribution in [-0.2, 0) is 15.9 Å². The van der Waals surface area contributed by atoms with Crippen molar-refractivity contribution in [2.45, 2.75) is 18.4 Å². The van der Waals surface area contributed by atoms with Crippen LogP contribution in [0.3, 0.4) is 0 Å². The molecule has 0 bridgehead atoms. The Morgan fingerprint density at radius 2 is 2.43 bits per heavy atom. The fourth-order valence-corrected chi connectivity index (χ4v) is 1.30. The zero-order chi connectivity index (χ0) is 10.6. The molecule has 1 amide bonds. The predicted molar refractivity (Wildman–Crippen MR) is 50.3 cm³/mol. The fraction of sp³-hybridized carbons (Fsp3) is 0.250. The summed E-state index contributed by atoms with van der Waals surface area (Å²) in [5.41, 5.74) is 0.215. The Morgan fingerprint density at radius 3 is 3.00 bits per heavy atom. The first-order valence-electron chi connectivity index (χ1n) is 3.99. The number of aromatic nitrogens is 1. The molecule has 76 valence electrons. The third-order valence-corrected chi connectivity index (χ3v) is 2.17. The van der Waals surface area contributed by atoms with E-state index in [-0.39, 0.29) is 16.6 Å². The van der Waals surface area contributed by atoms with Crippen molar-refractivity contribution in [1.82, 2.24) is 4.98 Å². The second-order valence-electron chi connectivity index (χ2n) is 2.49. The smallest absolute Gasteiger partial charge is 0.224 e. The van der Waals surface area contributed by atoms with Gasteiger partial charge in [0.1, 0.15) is 5.03 Å². The maximum Gasteiger partial charge on any atom is 0.224 e. The highest BCUT2D eigenvalue weighted by Gasteiger charge is 2.05. The number of carbonyl (C=O) groups excluding carboxylic acids is 1. The van der Waals surface area contributed by atoms with Gasteiger partial charge in [0.25, 0.3) is 0 Å². The molecule has 1 atom stereocenters. The van der Waals surface area contributed by atoms with Crippen molar-refractivity contribution >= 4 is 22.7 Å². The van der Waals surface area contributed by atoms with Crippen LogP contribution in [0.2, 0.25) is 0 Å². The standard InChI is InChI=1S/C8H10N2O3S/c1-2-7(11)10-6-4-3-5-9-8(6)14(12)13/h3-5H,2H2,1H3,(H,10,11)(H,12,13)/p-1. The molecule has 1 aromatic heterocycles. The molecule has 0 aliphatic rings. The van der Waals surface area contributed by atoms with Crippen LogP contribution in [0.1, 0.15) is 13.3 Å². The Kier molecular flexibility index (Phi) is 3.73. The van der Waals surface area contributed by atoms with Gasteiger partial charge in [-0.15, -0.1) is 0 Å². The number of amides is 1. The van der Waals surface area contributed by atoms with Crippen molar-refractivity contribution in [3.63, 3.8) is 0 Å². The largest absolute Gasteiger partial charge is 0.767 e. The third-order valence-electron chi connectivity index (χ3n) is 1.52. The summed E-state index contributed by atoms with van der Waals surface area (Å²) in [6.07, 6.45) is 1.65. The summed E-state index contributed by atoms with van der Waals surface area (Å²) in [4.78, 5) is 14.7. The highest BCUT2D eigenvalue weighted by atomic mass is 32.2. The molecule has 0 aromatic carbocycles. The van der Waals surface area contributed by atoms with Crippen molar-refractivity contribution in [3.05, 3.63) is 18.3 Å². The number of pyridine rings is 1. The van der Waals surface area contributed by atoms with Gasteiger partial charge >= 0.3 is 0 Å². The molecule has 0 aliphatic heterocycles. The number of rotatable bonds is 3. The molecule has 14 heavy (non-hydrogen) atoms. The van der Waals surface area contributed by atoms with E-state index in [9.17, 15) is 13.6 Å².